The first-order chi connectivity index (χ1) is 14.7. The van der Waals surface area contributed by atoms with Crippen molar-refractivity contribution < 1.29 is 16.8 Å². The van der Waals surface area contributed by atoms with Crippen LogP contribution in [0.3, 0.4) is 0 Å². The van der Waals surface area contributed by atoms with Gasteiger partial charge < -0.3 is 21.3 Å². The molecule has 8 nitrogen and oxygen atoms in total. The highest BCUT2D eigenvalue weighted by Crippen LogP contribution is 2.21. The van der Waals surface area contributed by atoms with E-state index in [1.165, 1.54) is 0 Å². The lowest BCUT2D eigenvalue weighted by atomic mass is 10.1. The topological polar surface area (TPSA) is 111 Å². The zero-order valence-electron chi connectivity index (χ0n) is 18.8. The van der Waals surface area contributed by atoms with Crippen molar-refractivity contribution in [1.82, 2.24) is 0 Å². The molecule has 9 heteroatoms. The molecule has 2 aromatic carbocycles. The Labute approximate surface area is 186 Å². The van der Waals surface area contributed by atoms with Crippen molar-refractivity contribution in [2.75, 3.05) is 60.7 Å². The van der Waals surface area contributed by atoms with Gasteiger partial charge in [-0.2, -0.15) is 8.42 Å². The van der Waals surface area contributed by atoms with E-state index in [9.17, 15) is 8.42 Å². The third-order valence-corrected chi connectivity index (χ3v) is 6.09. The summed E-state index contributed by atoms with van der Waals surface area (Å²) >= 11 is 0. The second-order valence-electron chi connectivity index (χ2n) is 7.29. The molecule has 0 bridgehead atoms. The van der Waals surface area contributed by atoms with E-state index in [-0.39, 0.29) is 13.2 Å². The predicted octanol–water partition coefficient (Wildman–Crippen LogP) is 3.10. The summed E-state index contributed by atoms with van der Waals surface area (Å²) in [6.07, 6.45) is 0. The van der Waals surface area contributed by atoms with Crippen LogP contribution in [0.1, 0.15) is 25.0 Å². The molecule has 0 amide bonds. The lowest BCUT2D eigenvalue weighted by Crippen LogP contribution is -2.30. The molecule has 0 spiro atoms. The summed E-state index contributed by atoms with van der Waals surface area (Å²) in [5, 5.41) is 0. The molecule has 2 rings (SSSR count). The summed E-state index contributed by atoms with van der Waals surface area (Å²) in [4.78, 5) is 4.04. The smallest absolute Gasteiger partial charge is 0.399 e. The molecule has 0 fully saturated rings. The van der Waals surface area contributed by atoms with Crippen LogP contribution in [0, 0.1) is 13.8 Å². The van der Waals surface area contributed by atoms with Crippen LogP contribution in [0.2, 0.25) is 0 Å². The maximum atomic E-state index is 12.1. The number of nitrogen functional groups attached to an aromatic ring is 2. The third kappa shape index (κ3) is 7.30. The largest absolute Gasteiger partial charge is 0.399 e. The van der Waals surface area contributed by atoms with E-state index in [0.29, 0.717) is 26.2 Å². The second kappa shape index (κ2) is 11.2. The zero-order chi connectivity index (χ0) is 23.0. The number of hydrogen-bond donors (Lipinski definition) is 2. The predicted molar refractivity (Wildman–Crippen MR) is 128 cm³/mol. The maximum Gasteiger partial charge on any atom is 0.399 e. The van der Waals surface area contributed by atoms with Crippen LogP contribution in [-0.2, 0) is 18.8 Å². The summed E-state index contributed by atoms with van der Waals surface area (Å²) in [7, 11) is -4.08. The normalized spacial score (nSPS) is 11.5. The molecular formula is C22H34N4O4S. The number of likely N-dealkylation sites (N-methyl/N-ethyl adjacent to an activating group) is 2. The van der Waals surface area contributed by atoms with Gasteiger partial charge >= 0.3 is 10.4 Å². The fraction of sp³-hybridized carbons (Fsp3) is 0.455. The summed E-state index contributed by atoms with van der Waals surface area (Å²) in [5.41, 5.74) is 17.1. The number of rotatable bonds is 12. The molecule has 0 atom stereocenters. The minimum Gasteiger partial charge on any atom is -0.399 e. The number of nitrogens with zero attached hydrogens (tertiary/aromatic N) is 2. The van der Waals surface area contributed by atoms with Crippen molar-refractivity contribution in [3.63, 3.8) is 0 Å². The van der Waals surface area contributed by atoms with Gasteiger partial charge in [0.15, 0.2) is 0 Å². The van der Waals surface area contributed by atoms with Crippen molar-refractivity contribution in [3.05, 3.63) is 47.5 Å². The molecule has 0 aliphatic rings. The standard InChI is InChI=1S/C22H34N4O4S/c1-5-25(19-7-9-21(23)17(3)15-19)11-13-29-31(27,28)30-14-12-26(6-2)20-8-10-22(24)18(4)16-20/h7-10,15-16H,5-6,11-14,23-24H2,1-4H3. The Balaban J connectivity index is 1.83. The van der Waals surface area contributed by atoms with Crippen molar-refractivity contribution in [2.24, 2.45) is 0 Å². The van der Waals surface area contributed by atoms with Gasteiger partial charge in [-0.3, -0.25) is 0 Å². The van der Waals surface area contributed by atoms with Gasteiger partial charge in [0, 0.05) is 48.9 Å². The summed E-state index contributed by atoms with van der Waals surface area (Å²) in [6.45, 7) is 10.1. The minimum absolute atomic E-state index is 0.00571. The first-order valence-electron chi connectivity index (χ1n) is 10.4. The van der Waals surface area contributed by atoms with Crippen LogP contribution in [-0.4, -0.2) is 47.8 Å². The average Bonchev–Trinajstić information content (AvgIpc) is 2.73. The first-order valence-corrected chi connectivity index (χ1v) is 11.8. The zero-order valence-corrected chi connectivity index (χ0v) is 19.6. The number of nitrogens with two attached hydrogens (primary N) is 2. The molecule has 0 heterocycles. The van der Waals surface area contributed by atoms with Gasteiger partial charge in [-0.25, -0.2) is 8.37 Å². The summed E-state index contributed by atoms with van der Waals surface area (Å²) in [6, 6.07) is 11.5. The van der Waals surface area contributed by atoms with E-state index in [0.717, 1.165) is 33.9 Å². The molecule has 0 radical (unpaired) electrons. The van der Waals surface area contributed by atoms with Crippen LogP contribution >= 0.6 is 0 Å². The quantitative estimate of drug-likeness (QED) is 0.475. The lowest BCUT2D eigenvalue weighted by molar-refractivity contribution is 0.221. The Morgan fingerprint density at radius 3 is 1.48 bits per heavy atom. The van der Waals surface area contributed by atoms with Crippen molar-refractivity contribution in [3.8, 4) is 0 Å². The van der Waals surface area contributed by atoms with Crippen LogP contribution in [0.25, 0.3) is 0 Å². The van der Waals surface area contributed by atoms with Gasteiger partial charge in [0.2, 0.25) is 0 Å². The van der Waals surface area contributed by atoms with E-state index >= 15 is 0 Å². The SMILES string of the molecule is CCN(CCOS(=O)(=O)OCCN(CC)c1ccc(N)c(C)c1)c1ccc(N)c(C)c1. The highest BCUT2D eigenvalue weighted by atomic mass is 32.3. The Hall–Kier alpha value is -2.49. The van der Waals surface area contributed by atoms with Gasteiger partial charge in [0.1, 0.15) is 0 Å². The fourth-order valence-electron chi connectivity index (χ4n) is 3.19. The summed E-state index contributed by atoms with van der Waals surface area (Å²) in [5.74, 6) is 0. The molecule has 0 saturated heterocycles. The Bertz CT molecular complexity index is 894. The highest BCUT2D eigenvalue weighted by molar-refractivity contribution is 7.81. The monoisotopic (exact) mass is 450 g/mol. The first kappa shape index (κ1) is 24.8. The van der Waals surface area contributed by atoms with Crippen LogP contribution in [0.5, 0.6) is 0 Å². The van der Waals surface area contributed by atoms with Gasteiger partial charge in [-0.15, -0.1) is 0 Å². The van der Waals surface area contributed by atoms with Crippen molar-refractivity contribution >= 4 is 33.1 Å². The van der Waals surface area contributed by atoms with Crippen molar-refractivity contribution in [1.29, 1.82) is 0 Å². The number of aryl methyl sites for hydroxylation is 2. The van der Waals surface area contributed by atoms with E-state index in [1.54, 1.807) is 0 Å². The summed E-state index contributed by atoms with van der Waals surface area (Å²) < 4.78 is 34.3. The molecule has 31 heavy (non-hydrogen) atoms. The molecule has 0 unspecified atom stereocenters. The fourth-order valence-corrected chi connectivity index (χ4v) is 3.81. The molecule has 0 aliphatic carbocycles. The van der Waals surface area contributed by atoms with Gasteiger partial charge in [-0.05, 0) is 75.2 Å². The molecular weight excluding hydrogens is 416 g/mol. The molecule has 0 aliphatic heterocycles. The molecule has 2 aromatic rings. The van der Waals surface area contributed by atoms with Gasteiger partial charge in [-0.1, -0.05) is 0 Å². The van der Waals surface area contributed by atoms with E-state index in [1.807, 2.05) is 73.9 Å². The van der Waals surface area contributed by atoms with E-state index < -0.39 is 10.4 Å². The average molecular weight is 451 g/mol. The van der Waals surface area contributed by atoms with Crippen molar-refractivity contribution in [2.45, 2.75) is 27.7 Å². The highest BCUT2D eigenvalue weighted by Gasteiger charge is 2.15. The van der Waals surface area contributed by atoms with Crippen LogP contribution in [0.15, 0.2) is 36.4 Å². The Kier molecular flexibility index (Phi) is 8.97. The van der Waals surface area contributed by atoms with Gasteiger partial charge in [0.25, 0.3) is 0 Å². The van der Waals surface area contributed by atoms with Crippen LogP contribution in [0.4, 0.5) is 22.7 Å². The number of hydrogen-bond acceptors (Lipinski definition) is 8. The van der Waals surface area contributed by atoms with Gasteiger partial charge in [0.05, 0.1) is 13.2 Å². The minimum atomic E-state index is -4.08. The number of benzene rings is 2. The maximum absolute atomic E-state index is 12.1. The lowest BCUT2D eigenvalue weighted by Gasteiger charge is -2.24. The molecule has 172 valence electrons. The Morgan fingerprint density at radius 1 is 0.774 bits per heavy atom. The van der Waals surface area contributed by atoms with E-state index in [4.69, 9.17) is 19.8 Å². The van der Waals surface area contributed by atoms with E-state index in [2.05, 4.69) is 0 Å². The number of anilines is 4. The van der Waals surface area contributed by atoms with Crippen LogP contribution < -0.4 is 21.3 Å². The molecule has 0 aromatic heterocycles. The third-order valence-electron chi connectivity index (χ3n) is 5.18. The second-order valence-corrected chi connectivity index (χ2v) is 8.58. The molecule has 0 saturated carbocycles. The molecule has 4 N–H and O–H groups in total. The Morgan fingerprint density at radius 2 is 1.16 bits per heavy atom.